The summed E-state index contributed by atoms with van der Waals surface area (Å²) in [6, 6.07) is 0. The molecule has 0 spiro atoms. The number of Topliss-reactive ketones (excluding diaryl/α,β-unsaturated/α-hetero) is 1. The highest BCUT2D eigenvalue weighted by atomic mass is 16.5. The molecule has 184 valence electrons. The monoisotopic (exact) mass is 458 g/mol. The summed E-state index contributed by atoms with van der Waals surface area (Å²) in [5.74, 6) is 3.87. The van der Waals surface area contributed by atoms with Crippen LogP contribution >= 0.6 is 0 Å². The first-order chi connectivity index (χ1) is 15.7. The number of rotatable bonds is 6. The van der Waals surface area contributed by atoms with Crippen LogP contribution in [0.3, 0.4) is 0 Å². The average Bonchev–Trinajstić information content (AvgIpc) is 3.38. The Bertz CT molecular complexity index is 885. The molecule has 0 radical (unpaired) electrons. The van der Waals surface area contributed by atoms with Crippen LogP contribution in [0.4, 0.5) is 0 Å². The van der Waals surface area contributed by atoms with Crippen LogP contribution in [-0.2, 0) is 16.1 Å². The summed E-state index contributed by atoms with van der Waals surface area (Å²) in [4.78, 5) is 13.4. The molecule has 0 aromatic carbocycles. The largest absolute Gasteiger partial charge is 0.493 e. The highest BCUT2D eigenvalue weighted by Crippen LogP contribution is 2.68. The van der Waals surface area contributed by atoms with Gasteiger partial charge >= 0.3 is 0 Å². The summed E-state index contributed by atoms with van der Waals surface area (Å²) in [6.45, 7) is 5.74. The Labute approximate surface area is 198 Å². The molecule has 6 nitrogen and oxygen atoms in total. The van der Waals surface area contributed by atoms with Gasteiger partial charge in [0.2, 0.25) is 0 Å². The second kappa shape index (κ2) is 8.37. The fraction of sp³-hybridized carbons (Fsp3) is 0.852. The van der Waals surface area contributed by atoms with E-state index < -0.39 is 5.60 Å². The molecule has 8 atom stereocenters. The second-order valence-electron chi connectivity index (χ2n) is 12.2. The molecule has 6 heteroatoms. The van der Waals surface area contributed by atoms with Crippen molar-refractivity contribution in [3.05, 3.63) is 12.4 Å². The Morgan fingerprint density at radius 3 is 2.61 bits per heavy atom. The van der Waals surface area contributed by atoms with E-state index in [1.54, 1.807) is 25.1 Å². The first-order valence-electron chi connectivity index (χ1n) is 13.0. The summed E-state index contributed by atoms with van der Waals surface area (Å²) in [6.07, 6.45) is 13.4. The van der Waals surface area contributed by atoms with E-state index >= 15 is 0 Å². The van der Waals surface area contributed by atoms with Gasteiger partial charge in [-0.15, -0.1) is 0 Å². The molecule has 4 fully saturated rings. The summed E-state index contributed by atoms with van der Waals surface area (Å²) < 4.78 is 12.3. The quantitative estimate of drug-likeness (QED) is 0.680. The molecule has 0 aliphatic heterocycles. The van der Waals surface area contributed by atoms with Crippen molar-refractivity contribution in [1.29, 1.82) is 0 Å². The van der Waals surface area contributed by atoms with Crippen LogP contribution in [0.2, 0.25) is 0 Å². The standard InChI is InChI=1S/C27H42N2O4/c1-25-11-12-27(31,17-32-3)13-18(25)5-6-20-21-7-8-23(26(21,2)10-9-22(20)25)24(30)16-29-15-19(33-4)14-28-29/h14-15,18,20-23,31H,5-13,16-17H2,1-4H3/t18-,20-,21-,22-,23+,25-,26-,27+/m0/s1. The minimum Gasteiger partial charge on any atom is -0.493 e. The average molecular weight is 459 g/mol. The number of carbonyl (C=O) groups is 1. The fourth-order valence-corrected chi connectivity index (χ4v) is 9.06. The zero-order valence-electron chi connectivity index (χ0n) is 20.9. The Morgan fingerprint density at radius 2 is 1.88 bits per heavy atom. The Balaban J connectivity index is 1.31. The van der Waals surface area contributed by atoms with Crippen molar-refractivity contribution in [3.63, 3.8) is 0 Å². The van der Waals surface area contributed by atoms with Crippen LogP contribution in [0, 0.1) is 40.4 Å². The first kappa shape index (κ1) is 23.3. The van der Waals surface area contributed by atoms with Gasteiger partial charge in [-0.25, -0.2) is 0 Å². The van der Waals surface area contributed by atoms with E-state index in [9.17, 15) is 9.90 Å². The van der Waals surface area contributed by atoms with E-state index in [0.717, 1.165) is 43.9 Å². The molecule has 4 aliphatic rings. The summed E-state index contributed by atoms with van der Waals surface area (Å²) in [5, 5.41) is 15.4. The number of hydrogen-bond acceptors (Lipinski definition) is 5. The normalized spacial score (nSPS) is 44.6. The number of ether oxygens (including phenoxy) is 2. The Kier molecular flexibility index (Phi) is 5.92. The van der Waals surface area contributed by atoms with Gasteiger partial charge in [0.25, 0.3) is 0 Å². The Morgan fingerprint density at radius 1 is 1.09 bits per heavy atom. The van der Waals surface area contributed by atoms with Crippen LogP contribution in [-0.4, -0.2) is 47.1 Å². The molecule has 1 N–H and O–H groups in total. The summed E-state index contributed by atoms with van der Waals surface area (Å²) >= 11 is 0. The molecule has 5 rings (SSSR count). The number of nitrogens with zero attached hydrogens (tertiary/aromatic N) is 2. The van der Waals surface area contributed by atoms with E-state index in [1.807, 2.05) is 6.20 Å². The number of aromatic nitrogens is 2. The van der Waals surface area contributed by atoms with Crippen LogP contribution in [0.15, 0.2) is 12.4 Å². The third kappa shape index (κ3) is 3.76. The number of methoxy groups -OCH3 is 2. The van der Waals surface area contributed by atoms with Gasteiger partial charge in [-0.2, -0.15) is 5.10 Å². The topological polar surface area (TPSA) is 73.6 Å². The predicted molar refractivity (Wildman–Crippen MR) is 126 cm³/mol. The van der Waals surface area contributed by atoms with Crippen LogP contribution in [0.5, 0.6) is 5.75 Å². The van der Waals surface area contributed by atoms with E-state index in [4.69, 9.17) is 9.47 Å². The van der Waals surface area contributed by atoms with Gasteiger partial charge in [-0.05, 0) is 92.3 Å². The van der Waals surface area contributed by atoms with Gasteiger partial charge in [-0.1, -0.05) is 13.8 Å². The second-order valence-corrected chi connectivity index (χ2v) is 12.2. The molecule has 1 heterocycles. The maximum absolute atomic E-state index is 13.4. The number of ketones is 1. The van der Waals surface area contributed by atoms with Crippen LogP contribution in [0.1, 0.15) is 71.6 Å². The molecule has 33 heavy (non-hydrogen) atoms. The highest BCUT2D eigenvalue weighted by Gasteiger charge is 2.62. The van der Waals surface area contributed by atoms with Gasteiger partial charge in [0.05, 0.1) is 38.3 Å². The van der Waals surface area contributed by atoms with Crippen molar-refractivity contribution in [2.45, 2.75) is 83.8 Å². The first-order valence-corrected chi connectivity index (χ1v) is 13.0. The number of fused-ring (bicyclic) bond motifs is 5. The van der Waals surface area contributed by atoms with Gasteiger partial charge in [0.1, 0.15) is 0 Å². The number of hydrogen-bond donors (Lipinski definition) is 1. The highest BCUT2D eigenvalue weighted by molar-refractivity contribution is 5.82. The van der Waals surface area contributed by atoms with E-state index in [-0.39, 0.29) is 11.3 Å². The van der Waals surface area contributed by atoms with Crippen LogP contribution in [0.25, 0.3) is 0 Å². The fourth-order valence-electron chi connectivity index (χ4n) is 9.06. The zero-order chi connectivity index (χ0) is 23.4. The minimum absolute atomic E-state index is 0.115. The van der Waals surface area contributed by atoms with E-state index in [2.05, 4.69) is 18.9 Å². The van der Waals surface area contributed by atoms with Crippen molar-refractivity contribution in [2.75, 3.05) is 20.8 Å². The molecular weight excluding hydrogens is 416 g/mol. The molecule has 0 unspecified atom stereocenters. The van der Waals surface area contributed by atoms with Crippen molar-refractivity contribution < 1.29 is 19.4 Å². The third-order valence-corrected chi connectivity index (χ3v) is 10.8. The summed E-state index contributed by atoms with van der Waals surface area (Å²) in [5.41, 5.74) is -0.211. The molecular formula is C27H42N2O4. The van der Waals surface area contributed by atoms with Crippen molar-refractivity contribution in [2.24, 2.45) is 40.4 Å². The van der Waals surface area contributed by atoms with Gasteiger partial charge in [0.15, 0.2) is 11.5 Å². The lowest BCUT2D eigenvalue weighted by Crippen LogP contribution is -2.56. The minimum atomic E-state index is -0.644. The molecule has 4 aliphatic carbocycles. The maximum Gasteiger partial charge on any atom is 0.157 e. The van der Waals surface area contributed by atoms with Crippen molar-refractivity contribution in [3.8, 4) is 5.75 Å². The summed E-state index contributed by atoms with van der Waals surface area (Å²) in [7, 11) is 3.33. The number of carbonyl (C=O) groups excluding carboxylic acids is 1. The van der Waals surface area contributed by atoms with E-state index in [1.165, 1.54) is 25.7 Å². The molecule has 1 aromatic heterocycles. The lowest BCUT2D eigenvalue weighted by Gasteiger charge is -2.62. The third-order valence-electron chi connectivity index (χ3n) is 10.8. The molecule has 1 aromatic rings. The Hall–Kier alpha value is -1.40. The molecule has 0 bridgehead atoms. The SMILES string of the molecule is COC[C@@]1(O)CC[C@@]2(C)[C@@H](CC[C@@H]3[C@@H]2CC[C@]2(C)[C@@H](C(=O)Cn4cc(OC)cn4)CC[C@@H]32)C1. The lowest BCUT2D eigenvalue weighted by atomic mass is 9.44. The lowest BCUT2D eigenvalue weighted by molar-refractivity contribution is -0.164. The maximum atomic E-state index is 13.4. The molecule has 4 saturated carbocycles. The van der Waals surface area contributed by atoms with E-state index in [0.29, 0.717) is 41.9 Å². The van der Waals surface area contributed by atoms with Crippen LogP contribution < -0.4 is 4.74 Å². The van der Waals surface area contributed by atoms with Gasteiger partial charge in [0, 0.05) is 13.0 Å². The number of aliphatic hydroxyl groups is 1. The predicted octanol–water partition coefficient (Wildman–Crippen LogP) is 4.50. The molecule has 0 amide bonds. The smallest absolute Gasteiger partial charge is 0.157 e. The van der Waals surface area contributed by atoms with Crippen molar-refractivity contribution >= 4 is 5.78 Å². The zero-order valence-corrected chi connectivity index (χ0v) is 20.9. The van der Waals surface area contributed by atoms with Gasteiger partial charge in [-0.3, -0.25) is 9.48 Å². The van der Waals surface area contributed by atoms with Crippen molar-refractivity contribution in [1.82, 2.24) is 9.78 Å². The molecule has 0 saturated heterocycles. The van der Waals surface area contributed by atoms with Gasteiger partial charge < -0.3 is 14.6 Å².